The molecular weight excluding hydrogens is 432 g/mol. The predicted molar refractivity (Wildman–Crippen MR) is 130 cm³/mol. The number of carbonyl (C=O) groups excluding carboxylic acids is 2. The van der Waals surface area contributed by atoms with Gasteiger partial charge in [-0.2, -0.15) is 5.26 Å². The number of benzene rings is 2. The number of aryl methyl sites for hydroxylation is 1. The number of amides is 2. The number of rotatable bonds is 6. The summed E-state index contributed by atoms with van der Waals surface area (Å²) in [4.78, 5) is 29.4. The van der Waals surface area contributed by atoms with E-state index in [2.05, 4.69) is 28.4 Å². The number of nitrogens with one attached hydrogen (secondary N) is 1. The molecule has 0 aromatic heterocycles. The van der Waals surface area contributed by atoms with Crippen LogP contribution in [0.15, 0.2) is 65.2 Å². The van der Waals surface area contributed by atoms with E-state index in [1.807, 2.05) is 54.3 Å². The molecule has 6 nitrogen and oxygen atoms in total. The monoisotopic (exact) mass is 460 g/mol. The first-order chi connectivity index (χ1) is 16.0. The average molecular weight is 461 g/mol. The van der Waals surface area contributed by atoms with Crippen molar-refractivity contribution in [1.29, 1.82) is 5.26 Å². The van der Waals surface area contributed by atoms with Gasteiger partial charge >= 0.3 is 0 Å². The maximum atomic E-state index is 12.8. The molecule has 1 N–H and O–H groups in total. The smallest absolute Gasteiger partial charge is 0.233 e. The van der Waals surface area contributed by atoms with Crippen LogP contribution >= 0.6 is 11.8 Å². The van der Waals surface area contributed by atoms with Crippen molar-refractivity contribution in [1.82, 2.24) is 15.1 Å². The van der Waals surface area contributed by atoms with Crippen LogP contribution in [0.3, 0.4) is 0 Å². The van der Waals surface area contributed by atoms with E-state index in [4.69, 9.17) is 0 Å². The van der Waals surface area contributed by atoms with Crippen LogP contribution in [0, 0.1) is 18.3 Å². The third-order valence-electron chi connectivity index (χ3n) is 6.15. The SMILES string of the molecule is Cc1ccc([C@H]2CC(=O)NC(SCC(=O)N3CCN(Cc4ccccc4)CC3)=C2C#N)cc1. The van der Waals surface area contributed by atoms with Crippen molar-refractivity contribution in [2.45, 2.75) is 25.8 Å². The van der Waals surface area contributed by atoms with E-state index in [9.17, 15) is 14.9 Å². The van der Waals surface area contributed by atoms with Gasteiger partial charge in [0.05, 0.1) is 22.4 Å². The lowest BCUT2D eigenvalue weighted by atomic mass is 9.87. The van der Waals surface area contributed by atoms with Crippen LogP contribution in [0.5, 0.6) is 0 Å². The summed E-state index contributed by atoms with van der Waals surface area (Å²) in [5.41, 5.74) is 3.89. The molecule has 2 aliphatic heterocycles. The molecule has 1 saturated heterocycles. The minimum Gasteiger partial charge on any atom is -0.339 e. The van der Waals surface area contributed by atoms with E-state index < -0.39 is 0 Å². The lowest BCUT2D eigenvalue weighted by Gasteiger charge is -2.35. The highest BCUT2D eigenvalue weighted by Gasteiger charge is 2.30. The lowest BCUT2D eigenvalue weighted by Crippen LogP contribution is -2.48. The second kappa shape index (κ2) is 10.7. The maximum absolute atomic E-state index is 12.8. The zero-order valence-corrected chi connectivity index (χ0v) is 19.6. The molecule has 4 rings (SSSR count). The fourth-order valence-corrected chi connectivity index (χ4v) is 5.22. The van der Waals surface area contributed by atoms with Gasteiger partial charge < -0.3 is 10.2 Å². The highest BCUT2D eigenvalue weighted by Crippen LogP contribution is 2.36. The van der Waals surface area contributed by atoms with Crippen LogP contribution in [0.1, 0.15) is 29.0 Å². The average Bonchev–Trinajstić information content (AvgIpc) is 2.84. The first-order valence-electron chi connectivity index (χ1n) is 11.2. The summed E-state index contributed by atoms with van der Waals surface area (Å²) in [7, 11) is 0. The summed E-state index contributed by atoms with van der Waals surface area (Å²) in [5, 5.41) is 13.2. The molecule has 2 aromatic rings. The lowest BCUT2D eigenvalue weighted by molar-refractivity contribution is -0.130. The molecular formula is C26H28N4O2S. The number of allylic oxidation sites excluding steroid dienone is 1. The second-order valence-corrected chi connectivity index (χ2v) is 9.49. The molecule has 0 radical (unpaired) electrons. The molecule has 0 saturated carbocycles. The van der Waals surface area contributed by atoms with E-state index in [0.717, 1.165) is 30.8 Å². The normalized spacial score (nSPS) is 19.2. The van der Waals surface area contributed by atoms with Crippen LogP contribution in [0.4, 0.5) is 0 Å². The molecule has 2 aromatic carbocycles. The topological polar surface area (TPSA) is 76.4 Å². The Morgan fingerprint density at radius 2 is 1.79 bits per heavy atom. The largest absolute Gasteiger partial charge is 0.339 e. The summed E-state index contributed by atoms with van der Waals surface area (Å²) in [6, 6.07) is 20.6. The predicted octanol–water partition coefficient (Wildman–Crippen LogP) is 3.41. The summed E-state index contributed by atoms with van der Waals surface area (Å²) < 4.78 is 0. The van der Waals surface area contributed by atoms with Crippen molar-refractivity contribution in [3.05, 3.63) is 81.9 Å². The third kappa shape index (κ3) is 5.84. The van der Waals surface area contributed by atoms with Gasteiger partial charge in [0.25, 0.3) is 0 Å². The number of hydrogen-bond donors (Lipinski definition) is 1. The Kier molecular flexibility index (Phi) is 7.48. The number of thioether (sulfide) groups is 1. The minimum atomic E-state index is -0.275. The van der Waals surface area contributed by atoms with E-state index in [0.29, 0.717) is 23.7 Å². The zero-order valence-electron chi connectivity index (χ0n) is 18.8. The molecule has 33 heavy (non-hydrogen) atoms. The van der Waals surface area contributed by atoms with Crippen LogP contribution in [0.25, 0.3) is 0 Å². The summed E-state index contributed by atoms with van der Waals surface area (Å²) >= 11 is 1.26. The maximum Gasteiger partial charge on any atom is 0.233 e. The van der Waals surface area contributed by atoms with Gasteiger partial charge in [0, 0.05) is 45.1 Å². The van der Waals surface area contributed by atoms with E-state index in [-0.39, 0.29) is 29.9 Å². The van der Waals surface area contributed by atoms with Gasteiger partial charge in [-0.1, -0.05) is 71.9 Å². The number of hydrogen-bond acceptors (Lipinski definition) is 5. The second-order valence-electron chi connectivity index (χ2n) is 8.50. The van der Waals surface area contributed by atoms with Gasteiger partial charge in [0.1, 0.15) is 0 Å². The fourth-order valence-electron chi connectivity index (χ4n) is 4.24. The fraction of sp³-hybridized carbons (Fsp3) is 0.346. The number of carbonyl (C=O) groups is 2. The number of piperazine rings is 1. The molecule has 1 atom stereocenters. The first kappa shape index (κ1) is 23.1. The van der Waals surface area contributed by atoms with Gasteiger partial charge in [-0.3, -0.25) is 14.5 Å². The molecule has 0 bridgehead atoms. The Labute approximate surface area is 199 Å². The Bertz CT molecular complexity index is 1070. The van der Waals surface area contributed by atoms with Crippen molar-refractivity contribution >= 4 is 23.6 Å². The van der Waals surface area contributed by atoms with Gasteiger partial charge in [-0.05, 0) is 18.1 Å². The molecule has 2 amide bonds. The standard InChI is InChI=1S/C26H28N4O2S/c1-19-7-9-21(10-8-19)22-15-24(31)28-26(23(22)16-27)33-18-25(32)30-13-11-29(12-14-30)17-20-5-3-2-4-6-20/h2-10,22H,11-15,17-18H2,1H3,(H,28,31)/t22-/m1/s1. The van der Waals surface area contributed by atoms with Crippen LogP contribution < -0.4 is 5.32 Å². The van der Waals surface area contributed by atoms with Crippen molar-refractivity contribution in [2.24, 2.45) is 0 Å². The number of nitriles is 1. The first-order valence-corrected chi connectivity index (χ1v) is 12.2. The summed E-state index contributed by atoms with van der Waals surface area (Å²) in [5.74, 6) is -0.150. The van der Waals surface area contributed by atoms with E-state index in [1.165, 1.54) is 17.3 Å². The van der Waals surface area contributed by atoms with E-state index in [1.54, 1.807) is 0 Å². The van der Waals surface area contributed by atoms with Crippen LogP contribution in [0.2, 0.25) is 0 Å². The number of nitrogens with zero attached hydrogens (tertiary/aromatic N) is 3. The Hall–Kier alpha value is -3.08. The van der Waals surface area contributed by atoms with Crippen molar-refractivity contribution in [3.8, 4) is 6.07 Å². The molecule has 1 fully saturated rings. The summed E-state index contributed by atoms with van der Waals surface area (Å²) in [6.07, 6.45) is 0.243. The van der Waals surface area contributed by atoms with Gasteiger partial charge in [-0.25, -0.2) is 0 Å². The molecule has 7 heteroatoms. The van der Waals surface area contributed by atoms with E-state index >= 15 is 0 Å². The molecule has 0 unspecified atom stereocenters. The molecule has 2 heterocycles. The van der Waals surface area contributed by atoms with Crippen molar-refractivity contribution < 1.29 is 9.59 Å². The van der Waals surface area contributed by atoms with Gasteiger partial charge in [0.2, 0.25) is 11.8 Å². The highest BCUT2D eigenvalue weighted by atomic mass is 32.2. The third-order valence-corrected chi connectivity index (χ3v) is 7.15. The van der Waals surface area contributed by atoms with Gasteiger partial charge in [-0.15, -0.1) is 0 Å². The molecule has 0 spiro atoms. The Balaban J connectivity index is 1.35. The van der Waals surface area contributed by atoms with Crippen molar-refractivity contribution in [3.63, 3.8) is 0 Å². The molecule has 0 aliphatic carbocycles. The molecule has 170 valence electrons. The minimum absolute atomic E-state index is 0.0378. The molecule has 2 aliphatic rings. The highest BCUT2D eigenvalue weighted by molar-refractivity contribution is 8.03. The quantitative estimate of drug-likeness (QED) is 0.715. The summed E-state index contributed by atoms with van der Waals surface area (Å²) in [6.45, 7) is 5.95. The Morgan fingerprint density at radius 1 is 1.09 bits per heavy atom. The van der Waals surface area contributed by atoms with Crippen molar-refractivity contribution in [2.75, 3.05) is 31.9 Å². The van der Waals surface area contributed by atoms with Crippen LogP contribution in [-0.2, 0) is 16.1 Å². The van der Waals surface area contributed by atoms with Gasteiger partial charge in [0.15, 0.2) is 0 Å². The Morgan fingerprint density at radius 3 is 2.45 bits per heavy atom. The van der Waals surface area contributed by atoms with Crippen LogP contribution in [-0.4, -0.2) is 53.5 Å². The zero-order chi connectivity index (χ0) is 23.2.